The number of ether oxygens (including phenoxy) is 1. The van der Waals surface area contributed by atoms with E-state index in [-0.39, 0.29) is 31.5 Å². The van der Waals surface area contributed by atoms with Crippen molar-refractivity contribution in [2.75, 3.05) is 40.9 Å². The van der Waals surface area contributed by atoms with Crippen LogP contribution in [-0.4, -0.2) is 74.3 Å². The summed E-state index contributed by atoms with van der Waals surface area (Å²) in [5.74, 6) is -0.510. The molecule has 3 atom stereocenters. The van der Waals surface area contributed by atoms with E-state index in [0.29, 0.717) is 17.4 Å². The van der Waals surface area contributed by atoms with Crippen molar-refractivity contribution in [1.29, 1.82) is 0 Å². The number of unbranched alkanes of at least 4 members (excludes halogenated alkanes) is 34. The molecule has 0 aromatic heterocycles. The number of carbonyl (C=O) groups excluding carboxylic acids is 2. The van der Waals surface area contributed by atoms with E-state index in [4.69, 9.17) is 13.8 Å². The topological polar surface area (TPSA) is 111 Å². The molecule has 0 aliphatic carbocycles. The van der Waals surface area contributed by atoms with Gasteiger partial charge in [0.15, 0.2) is 0 Å². The highest BCUT2D eigenvalue weighted by Gasteiger charge is 2.30. The second-order valence-corrected chi connectivity index (χ2v) is 27.9. The van der Waals surface area contributed by atoms with Crippen molar-refractivity contribution < 1.29 is 37.3 Å². The number of phosphoric ester groups is 1. The molecule has 0 saturated heterocycles. The van der Waals surface area contributed by atoms with Crippen molar-refractivity contribution >= 4 is 19.7 Å². The highest BCUT2D eigenvalue weighted by Crippen LogP contribution is 2.43. The van der Waals surface area contributed by atoms with Crippen LogP contribution in [0.4, 0.5) is 0 Å². The number of likely N-dealkylation sites (N-methyl/N-ethyl adjacent to an activating group) is 1. The highest BCUT2D eigenvalue weighted by atomic mass is 31.2. The van der Waals surface area contributed by atoms with Crippen LogP contribution < -0.4 is 5.32 Å². The second kappa shape index (κ2) is 69.2. The van der Waals surface area contributed by atoms with E-state index in [1.807, 2.05) is 33.3 Å². The van der Waals surface area contributed by atoms with E-state index >= 15 is 0 Å². The Hall–Kier alpha value is -3.59. The summed E-state index contributed by atoms with van der Waals surface area (Å²) in [5.41, 5.74) is 0. The van der Waals surface area contributed by atoms with Gasteiger partial charge in [0.25, 0.3) is 0 Å². The Bertz CT molecular complexity index is 1970. The highest BCUT2D eigenvalue weighted by molar-refractivity contribution is 7.47. The molecule has 0 aliphatic rings. The molecule has 0 radical (unpaired) electrons. The van der Waals surface area contributed by atoms with Gasteiger partial charge in [0.05, 0.1) is 33.8 Å². The van der Waals surface area contributed by atoms with E-state index in [1.165, 1.54) is 186 Å². The van der Waals surface area contributed by atoms with Crippen LogP contribution in [0.3, 0.4) is 0 Å². The first-order chi connectivity index (χ1) is 44.4. The Balaban J connectivity index is 4.96. The summed E-state index contributed by atoms with van der Waals surface area (Å²) in [6, 6.07) is -0.860. The molecule has 9 nitrogen and oxygen atoms in total. The van der Waals surface area contributed by atoms with Crippen molar-refractivity contribution in [3.8, 4) is 0 Å². The maximum Gasteiger partial charge on any atom is 0.472 e. The second-order valence-electron chi connectivity index (χ2n) is 26.4. The van der Waals surface area contributed by atoms with Gasteiger partial charge in [0, 0.05) is 12.8 Å². The summed E-state index contributed by atoms with van der Waals surface area (Å²) in [6.45, 7) is 6.88. The summed E-state index contributed by atoms with van der Waals surface area (Å²) >= 11 is 0. The summed E-state index contributed by atoms with van der Waals surface area (Å²) in [7, 11) is 1.49. The smallest absolute Gasteiger partial charge is 0.456 e. The van der Waals surface area contributed by atoms with E-state index in [2.05, 4.69) is 135 Å². The lowest BCUT2D eigenvalue weighted by Gasteiger charge is -2.27. The van der Waals surface area contributed by atoms with Crippen LogP contribution in [0.5, 0.6) is 0 Å². The summed E-state index contributed by atoms with van der Waals surface area (Å²) in [4.78, 5) is 38.0. The average molecular weight is 1290 g/mol. The van der Waals surface area contributed by atoms with Crippen molar-refractivity contribution in [2.24, 2.45) is 0 Å². The first kappa shape index (κ1) is 87.4. The molecular weight excluding hydrogens is 1140 g/mol. The van der Waals surface area contributed by atoms with Crippen LogP contribution in [0.1, 0.15) is 329 Å². The van der Waals surface area contributed by atoms with Gasteiger partial charge in [0.2, 0.25) is 5.91 Å². The quantitative estimate of drug-likeness (QED) is 0.0205. The summed E-state index contributed by atoms with van der Waals surface area (Å²) < 4.78 is 30.9. The van der Waals surface area contributed by atoms with Gasteiger partial charge >= 0.3 is 13.8 Å². The van der Waals surface area contributed by atoms with Crippen LogP contribution in [0.25, 0.3) is 0 Å². The number of phosphoric acid groups is 1. The lowest BCUT2D eigenvalue weighted by Crippen LogP contribution is -2.47. The number of carbonyl (C=O) groups is 2. The minimum absolute atomic E-state index is 0.0344. The minimum atomic E-state index is -4.46. The zero-order valence-electron chi connectivity index (χ0n) is 60.1. The Morgan fingerprint density at radius 3 is 1.08 bits per heavy atom. The van der Waals surface area contributed by atoms with Crippen molar-refractivity contribution in [2.45, 2.75) is 341 Å². The number of nitrogens with zero attached hydrogens (tertiary/aromatic N) is 1. The molecular formula is C81H144N2O7P+. The van der Waals surface area contributed by atoms with Gasteiger partial charge in [-0.2, -0.15) is 0 Å². The van der Waals surface area contributed by atoms with Crippen molar-refractivity contribution in [3.63, 3.8) is 0 Å². The molecule has 0 spiro atoms. The molecule has 1 amide bonds. The molecule has 2 N–H and O–H groups in total. The Labute approximate surface area is 563 Å². The van der Waals surface area contributed by atoms with Gasteiger partial charge in [0.1, 0.15) is 19.3 Å². The lowest BCUT2D eigenvalue weighted by molar-refractivity contribution is -0.870. The maximum atomic E-state index is 13.6. The van der Waals surface area contributed by atoms with E-state index in [9.17, 15) is 19.0 Å². The van der Waals surface area contributed by atoms with Gasteiger partial charge in [-0.25, -0.2) is 4.57 Å². The molecule has 91 heavy (non-hydrogen) atoms. The Kier molecular flexibility index (Phi) is 66.5. The van der Waals surface area contributed by atoms with E-state index in [0.717, 1.165) is 109 Å². The summed E-state index contributed by atoms with van der Waals surface area (Å²) in [6.07, 6.45) is 97.9. The predicted molar refractivity (Wildman–Crippen MR) is 396 cm³/mol. The molecule has 3 unspecified atom stereocenters. The molecule has 0 bridgehead atoms. The fourth-order valence-corrected chi connectivity index (χ4v) is 11.3. The molecule has 0 heterocycles. The van der Waals surface area contributed by atoms with Gasteiger partial charge < -0.3 is 19.4 Å². The van der Waals surface area contributed by atoms with E-state index < -0.39 is 20.0 Å². The Morgan fingerprint density at radius 1 is 0.396 bits per heavy atom. The van der Waals surface area contributed by atoms with Crippen LogP contribution in [0.2, 0.25) is 0 Å². The minimum Gasteiger partial charge on any atom is -0.456 e. The van der Waals surface area contributed by atoms with E-state index in [1.54, 1.807) is 0 Å². The standard InChI is InChI=1S/C81H143N2O7P/c1-7-10-13-16-19-22-25-27-29-31-33-35-37-39-41-43-45-47-49-51-53-55-58-61-64-67-70-73-80(84)82-78(77-89-91(86,87)88-76-75-83(4,5)6)79(72-69-66-63-60-57-24-21-18-15-12-9-3)90-81(85)74-71-68-65-62-59-56-54-52-50-48-46-44-42-40-38-36-34-32-30-28-26-23-20-17-14-11-8-2/h11,14,19-20,22-23,27-30,33-36,39-42,69,72,78-79H,7-10,12-13,15-18,21,24-26,31-32,37-38,43-68,70-71,73-77H2,1-6H3,(H-,82,84,86,87)/p+1/b14-11-,22-19-,23-20-,29-27-,30-28-,35-33-,36-34-,41-39-,42-40-,72-69+. The predicted octanol–water partition coefficient (Wildman–Crippen LogP) is 24.6. The normalized spacial score (nSPS) is 14.1. The van der Waals surface area contributed by atoms with Gasteiger partial charge in [-0.15, -0.1) is 0 Å². The SMILES string of the molecule is CC/C=C\C/C=C\C/C=C\C/C=C\C/C=C\CCCCCCCCCCCCCC(=O)OC(/C=C/CCCCCCCCCCC)C(COP(=O)(O)OCC[N+](C)(C)C)NC(=O)CCCCCCCCCCCCC/C=C\C/C=C\C/C=C\C/C=C\CCCCC. The summed E-state index contributed by atoms with van der Waals surface area (Å²) in [5, 5.41) is 3.07. The number of rotatable bonds is 68. The molecule has 0 rings (SSSR count). The zero-order chi connectivity index (χ0) is 66.3. The van der Waals surface area contributed by atoms with Gasteiger partial charge in [-0.05, 0) is 122 Å². The maximum absolute atomic E-state index is 13.6. The molecule has 524 valence electrons. The zero-order valence-corrected chi connectivity index (χ0v) is 60.9. The van der Waals surface area contributed by atoms with Crippen LogP contribution in [0, 0.1) is 0 Å². The molecule has 0 aromatic carbocycles. The average Bonchev–Trinajstić information content (AvgIpc) is 3.03. The fourth-order valence-electron chi connectivity index (χ4n) is 10.6. The van der Waals surface area contributed by atoms with Crippen molar-refractivity contribution in [3.05, 3.63) is 122 Å². The lowest BCUT2D eigenvalue weighted by atomic mass is 10.0. The first-order valence-electron chi connectivity index (χ1n) is 37.9. The number of allylic oxidation sites excluding steroid dienone is 19. The third kappa shape index (κ3) is 70.6. The fraction of sp³-hybridized carbons (Fsp3) is 0.728. The Morgan fingerprint density at radius 2 is 0.703 bits per heavy atom. The number of amides is 1. The first-order valence-corrected chi connectivity index (χ1v) is 39.4. The molecule has 0 saturated carbocycles. The van der Waals surface area contributed by atoms with Crippen LogP contribution in [-0.2, 0) is 27.9 Å². The molecule has 0 aliphatic heterocycles. The van der Waals surface area contributed by atoms with Gasteiger partial charge in [-0.1, -0.05) is 316 Å². The van der Waals surface area contributed by atoms with Crippen molar-refractivity contribution in [1.82, 2.24) is 5.32 Å². The number of quaternary nitrogens is 1. The third-order valence-electron chi connectivity index (χ3n) is 16.4. The number of esters is 1. The largest absolute Gasteiger partial charge is 0.472 e. The monoisotopic (exact) mass is 1290 g/mol. The van der Waals surface area contributed by atoms with Crippen LogP contribution >= 0.6 is 7.82 Å². The third-order valence-corrected chi connectivity index (χ3v) is 17.4. The number of hydrogen-bond donors (Lipinski definition) is 2. The number of hydrogen-bond acceptors (Lipinski definition) is 6. The molecule has 0 aromatic rings. The number of nitrogens with one attached hydrogen (secondary N) is 1. The van der Waals surface area contributed by atoms with Crippen LogP contribution in [0.15, 0.2) is 122 Å². The molecule has 10 heteroatoms. The molecule has 0 fully saturated rings. The van der Waals surface area contributed by atoms with Gasteiger partial charge in [-0.3, -0.25) is 18.6 Å².